The van der Waals surface area contributed by atoms with Crippen LogP contribution in [0.4, 0.5) is 5.69 Å². The molecule has 3 N–H and O–H groups in total. The smallest absolute Gasteiger partial charge is 0.277 e. The number of aliphatic hydroxyl groups is 1. The van der Waals surface area contributed by atoms with Crippen LogP contribution in [-0.2, 0) is 6.42 Å². The minimum Gasteiger partial charge on any atom is -0.396 e. The molecule has 1 heterocycles. The number of anilines is 1. The van der Waals surface area contributed by atoms with Crippen LogP contribution < -0.4 is 5.32 Å². The highest BCUT2D eigenvalue weighted by Gasteiger charge is 2.08. The van der Waals surface area contributed by atoms with Crippen molar-refractivity contribution in [2.45, 2.75) is 6.42 Å². The summed E-state index contributed by atoms with van der Waals surface area (Å²) in [5.74, 6) is -0.311. The Morgan fingerprint density at radius 1 is 1.35 bits per heavy atom. The van der Waals surface area contributed by atoms with Gasteiger partial charge in [0.15, 0.2) is 5.69 Å². The summed E-state index contributed by atoms with van der Waals surface area (Å²) >= 11 is 0. The first-order chi connectivity index (χ1) is 8.29. The van der Waals surface area contributed by atoms with E-state index in [1.807, 2.05) is 12.1 Å². The third-order valence-corrected chi connectivity index (χ3v) is 2.26. The summed E-state index contributed by atoms with van der Waals surface area (Å²) < 4.78 is 0. The predicted molar refractivity (Wildman–Crippen MR) is 61.6 cm³/mol. The average Bonchev–Trinajstić information content (AvgIpc) is 2.86. The molecule has 2 aromatic rings. The van der Waals surface area contributed by atoms with E-state index in [-0.39, 0.29) is 18.2 Å². The quantitative estimate of drug-likeness (QED) is 0.719. The van der Waals surface area contributed by atoms with Crippen molar-refractivity contribution in [3.63, 3.8) is 0 Å². The largest absolute Gasteiger partial charge is 0.396 e. The first-order valence-corrected chi connectivity index (χ1v) is 5.16. The van der Waals surface area contributed by atoms with Crippen molar-refractivity contribution in [2.75, 3.05) is 11.9 Å². The number of amides is 1. The number of carbonyl (C=O) groups is 1. The molecular weight excluding hydrogens is 220 g/mol. The van der Waals surface area contributed by atoms with Crippen LogP contribution in [0.1, 0.15) is 16.1 Å². The zero-order valence-electron chi connectivity index (χ0n) is 9.05. The van der Waals surface area contributed by atoms with Crippen LogP contribution in [0.5, 0.6) is 0 Å². The summed E-state index contributed by atoms with van der Waals surface area (Å²) in [6.45, 7) is 0.116. The molecule has 6 nitrogen and oxygen atoms in total. The molecule has 0 spiro atoms. The van der Waals surface area contributed by atoms with Crippen LogP contribution in [0.15, 0.2) is 30.5 Å². The van der Waals surface area contributed by atoms with E-state index in [1.54, 1.807) is 12.1 Å². The fourth-order valence-corrected chi connectivity index (χ4v) is 1.39. The molecule has 0 bridgehead atoms. The Hall–Kier alpha value is -2.21. The van der Waals surface area contributed by atoms with E-state index in [4.69, 9.17) is 5.11 Å². The number of H-pyrrole nitrogens is 1. The molecule has 0 radical (unpaired) electrons. The third kappa shape index (κ3) is 2.88. The van der Waals surface area contributed by atoms with Crippen LogP contribution in [0, 0.1) is 0 Å². The first kappa shape index (κ1) is 11.3. The fraction of sp³-hybridized carbons (Fsp3) is 0.182. The van der Waals surface area contributed by atoms with Crippen molar-refractivity contribution < 1.29 is 9.90 Å². The summed E-state index contributed by atoms with van der Waals surface area (Å²) in [7, 11) is 0. The van der Waals surface area contributed by atoms with E-state index in [1.165, 1.54) is 6.20 Å². The standard InChI is InChI=1S/C11H12N4O2/c16-6-5-8-1-3-9(4-2-8)13-11(17)10-7-12-15-14-10/h1-4,7,16H,5-6H2,(H,13,17)(H,12,14,15). The Morgan fingerprint density at radius 2 is 2.12 bits per heavy atom. The number of rotatable bonds is 4. The van der Waals surface area contributed by atoms with Gasteiger partial charge >= 0.3 is 0 Å². The Labute approximate surface area is 97.7 Å². The van der Waals surface area contributed by atoms with Gasteiger partial charge in [0.2, 0.25) is 0 Å². The van der Waals surface area contributed by atoms with Crippen LogP contribution >= 0.6 is 0 Å². The summed E-state index contributed by atoms with van der Waals surface area (Å²) in [6, 6.07) is 7.27. The Balaban J connectivity index is 2.01. The van der Waals surface area contributed by atoms with Crippen molar-refractivity contribution in [2.24, 2.45) is 0 Å². The number of nitrogens with one attached hydrogen (secondary N) is 2. The molecule has 0 saturated heterocycles. The Morgan fingerprint density at radius 3 is 2.71 bits per heavy atom. The van der Waals surface area contributed by atoms with E-state index in [0.29, 0.717) is 12.1 Å². The lowest BCUT2D eigenvalue weighted by Gasteiger charge is -2.04. The third-order valence-electron chi connectivity index (χ3n) is 2.26. The van der Waals surface area contributed by atoms with Crippen LogP contribution in [0.25, 0.3) is 0 Å². The maximum atomic E-state index is 11.6. The molecule has 88 valence electrons. The SMILES string of the molecule is O=C(Nc1ccc(CCO)cc1)c1cn[nH]n1. The maximum Gasteiger partial charge on any atom is 0.277 e. The molecule has 17 heavy (non-hydrogen) atoms. The van der Waals surface area contributed by atoms with E-state index in [0.717, 1.165) is 5.56 Å². The molecule has 0 aliphatic heterocycles. The lowest BCUT2D eigenvalue weighted by molar-refractivity contribution is 0.102. The minimum absolute atomic E-state index is 0.116. The van der Waals surface area contributed by atoms with E-state index >= 15 is 0 Å². The van der Waals surface area contributed by atoms with Crippen molar-refractivity contribution in [1.29, 1.82) is 0 Å². The highest BCUT2D eigenvalue weighted by Crippen LogP contribution is 2.10. The average molecular weight is 232 g/mol. The zero-order chi connectivity index (χ0) is 12.1. The molecule has 0 atom stereocenters. The predicted octanol–water partition coefficient (Wildman–Crippen LogP) is 0.592. The van der Waals surface area contributed by atoms with Gasteiger partial charge < -0.3 is 10.4 Å². The molecule has 0 fully saturated rings. The zero-order valence-corrected chi connectivity index (χ0v) is 9.05. The number of nitrogens with zero attached hydrogens (tertiary/aromatic N) is 2. The van der Waals surface area contributed by atoms with Crippen molar-refractivity contribution in [3.8, 4) is 0 Å². The molecule has 2 rings (SSSR count). The Bertz CT molecular complexity index is 479. The van der Waals surface area contributed by atoms with Crippen LogP contribution in [0.2, 0.25) is 0 Å². The van der Waals surface area contributed by atoms with Gasteiger partial charge in [0.25, 0.3) is 5.91 Å². The van der Waals surface area contributed by atoms with E-state index in [9.17, 15) is 4.79 Å². The van der Waals surface area contributed by atoms with Gasteiger partial charge in [-0.25, -0.2) is 0 Å². The summed E-state index contributed by atoms with van der Waals surface area (Å²) in [5, 5.41) is 21.1. The number of aromatic amines is 1. The van der Waals surface area contributed by atoms with Gasteiger partial charge in [0.1, 0.15) is 0 Å². The minimum atomic E-state index is -0.311. The highest BCUT2D eigenvalue weighted by atomic mass is 16.2. The van der Waals surface area contributed by atoms with Gasteiger partial charge in [0, 0.05) is 12.3 Å². The highest BCUT2D eigenvalue weighted by molar-refractivity contribution is 6.02. The summed E-state index contributed by atoms with van der Waals surface area (Å²) in [4.78, 5) is 11.6. The normalized spacial score (nSPS) is 10.2. The molecule has 1 aromatic heterocycles. The van der Waals surface area contributed by atoms with Crippen molar-refractivity contribution in [1.82, 2.24) is 15.4 Å². The van der Waals surface area contributed by atoms with Gasteiger partial charge in [-0.3, -0.25) is 4.79 Å². The van der Waals surface area contributed by atoms with E-state index in [2.05, 4.69) is 20.7 Å². The molecule has 6 heteroatoms. The molecule has 0 unspecified atom stereocenters. The van der Waals surface area contributed by atoms with Gasteiger partial charge in [-0.1, -0.05) is 12.1 Å². The number of benzene rings is 1. The second-order valence-electron chi connectivity index (χ2n) is 3.48. The summed E-state index contributed by atoms with van der Waals surface area (Å²) in [5.41, 5.74) is 1.94. The first-order valence-electron chi connectivity index (χ1n) is 5.16. The lowest BCUT2D eigenvalue weighted by atomic mass is 10.1. The van der Waals surface area contributed by atoms with Crippen LogP contribution in [-0.4, -0.2) is 33.0 Å². The number of hydrogen-bond acceptors (Lipinski definition) is 4. The number of aliphatic hydroxyl groups excluding tert-OH is 1. The summed E-state index contributed by atoms with van der Waals surface area (Å²) in [6.07, 6.45) is 1.97. The molecule has 1 amide bonds. The number of hydrogen-bond donors (Lipinski definition) is 3. The topological polar surface area (TPSA) is 90.9 Å². The molecule has 0 aliphatic rings. The van der Waals surface area contributed by atoms with Crippen LogP contribution in [0.3, 0.4) is 0 Å². The monoisotopic (exact) mass is 232 g/mol. The van der Waals surface area contributed by atoms with E-state index < -0.39 is 0 Å². The Kier molecular flexibility index (Phi) is 3.46. The molecule has 1 aromatic carbocycles. The maximum absolute atomic E-state index is 11.6. The fourth-order valence-electron chi connectivity index (χ4n) is 1.39. The second kappa shape index (κ2) is 5.22. The molecular formula is C11H12N4O2. The second-order valence-corrected chi connectivity index (χ2v) is 3.48. The lowest BCUT2D eigenvalue weighted by Crippen LogP contribution is -2.12. The number of carbonyl (C=O) groups excluding carboxylic acids is 1. The van der Waals surface area contributed by atoms with Gasteiger partial charge in [-0.05, 0) is 24.1 Å². The number of aromatic nitrogens is 3. The molecule has 0 aliphatic carbocycles. The molecule has 0 saturated carbocycles. The van der Waals surface area contributed by atoms with Gasteiger partial charge in [0.05, 0.1) is 6.20 Å². The van der Waals surface area contributed by atoms with Gasteiger partial charge in [-0.2, -0.15) is 15.4 Å². The van der Waals surface area contributed by atoms with Crippen molar-refractivity contribution >= 4 is 11.6 Å². The van der Waals surface area contributed by atoms with Gasteiger partial charge in [-0.15, -0.1) is 0 Å². The van der Waals surface area contributed by atoms with Crippen molar-refractivity contribution in [3.05, 3.63) is 41.7 Å².